The van der Waals surface area contributed by atoms with Crippen molar-refractivity contribution in [3.05, 3.63) is 46.6 Å². The summed E-state index contributed by atoms with van der Waals surface area (Å²) in [6.07, 6.45) is 1.71. The average molecular weight is 403 g/mol. The third-order valence-corrected chi connectivity index (χ3v) is 8.89. The van der Waals surface area contributed by atoms with E-state index in [-0.39, 0.29) is 0 Å². The van der Waals surface area contributed by atoms with Crippen molar-refractivity contribution in [2.45, 2.75) is 57.5 Å². The normalized spacial score (nSPS) is 17.0. The highest BCUT2D eigenvalue weighted by molar-refractivity contribution is 7.92. The van der Waals surface area contributed by atoms with Crippen LogP contribution in [0.4, 0.5) is 5.69 Å². The van der Waals surface area contributed by atoms with Gasteiger partial charge in [-0.3, -0.25) is 9.29 Å². The summed E-state index contributed by atoms with van der Waals surface area (Å²) in [7, 11) is -5.48. The second kappa shape index (κ2) is 6.43. The lowest BCUT2D eigenvalue weighted by Crippen LogP contribution is -2.48. The van der Waals surface area contributed by atoms with Gasteiger partial charge in [0.1, 0.15) is 8.07 Å². The summed E-state index contributed by atoms with van der Waals surface area (Å²) in [5.74, 6) is 0. The van der Waals surface area contributed by atoms with Gasteiger partial charge in [0.15, 0.2) is 0 Å². The number of sulfonamides is 1. The minimum Gasteiger partial charge on any atom is -0.370 e. The zero-order valence-corrected chi connectivity index (χ0v) is 18.2. The first-order chi connectivity index (χ1) is 12.7. The zero-order chi connectivity index (χ0) is 19.4. The van der Waals surface area contributed by atoms with Gasteiger partial charge in [-0.15, -0.1) is 0 Å². The summed E-state index contributed by atoms with van der Waals surface area (Å²) in [5.41, 5.74) is 5.13. The summed E-state index contributed by atoms with van der Waals surface area (Å²) >= 11 is 0. The lowest BCUT2D eigenvalue weighted by atomic mass is 9.99. The summed E-state index contributed by atoms with van der Waals surface area (Å²) < 4.78 is 34.3. The maximum atomic E-state index is 13.5. The molecule has 2 aliphatic rings. The van der Waals surface area contributed by atoms with E-state index in [2.05, 4.69) is 19.6 Å². The number of pyridine rings is 1. The fourth-order valence-electron chi connectivity index (χ4n) is 3.90. The third kappa shape index (κ3) is 3.11. The van der Waals surface area contributed by atoms with Crippen molar-refractivity contribution in [3.63, 3.8) is 0 Å². The lowest BCUT2D eigenvalue weighted by molar-refractivity contribution is 0.133. The fourth-order valence-corrected chi connectivity index (χ4v) is 6.99. The van der Waals surface area contributed by atoms with Gasteiger partial charge >= 0.3 is 0 Å². The molecule has 2 aromatic rings. The van der Waals surface area contributed by atoms with Crippen molar-refractivity contribution in [2.75, 3.05) is 10.8 Å². The maximum Gasteiger partial charge on any atom is 0.264 e. The standard InChI is InChI=1S/C20H26N2O3SSi/c1-14-7-9-15(10-8-14)26(23,24)22-11-5-6-16-17-12-25-13-18(17)21-20(19(16)22)27(2,3)4/h7-10H,5-6,11-13H2,1-4H3. The maximum absolute atomic E-state index is 13.5. The Hall–Kier alpha value is -1.70. The summed E-state index contributed by atoms with van der Waals surface area (Å²) in [4.78, 5) is 5.29. The first-order valence-corrected chi connectivity index (χ1v) is 14.4. The molecule has 5 nitrogen and oxygen atoms in total. The molecule has 0 radical (unpaired) electrons. The highest BCUT2D eigenvalue weighted by Crippen LogP contribution is 2.37. The van der Waals surface area contributed by atoms with E-state index in [0.29, 0.717) is 24.7 Å². The molecular formula is C20H26N2O3SSi. The summed E-state index contributed by atoms with van der Waals surface area (Å²) in [6.45, 7) is 10.2. The van der Waals surface area contributed by atoms with Gasteiger partial charge in [0.2, 0.25) is 0 Å². The Kier molecular flexibility index (Phi) is 4.44. The monoisotopic (exact) mass is 402 g/mol. The van der Waals surface area contributed by atoms with Crippen LogP contribution in [0.1, 0.15) is 28.8 Å². The SMILES string of the molecule is Cc1ccc(S(=O)(=O)N2CCCc3c4c(nc([Si](C)(C)C)c32)COC4)cc1. The number of hydrogen-bond acceptors (Lipinski definition) is 4. The van der Waals surface area contributed by atoms with Crippen LogP contribution in [0.5, 0.6) is 0 Å². The van der Waals surface area contributed by atoms with Crippen LogP contribution in [0.15, 0.2) is 29.2 Å². The van der Waals surface area contributed by atoms with E-state index in [0.717, 1.165) is 46.2 Å². The number of aromatic nitrogens is 1. The number of rotatable bonds is 3. The van der Waals surface area contributed by atoms with Crippen LogP contribution in [-0.4, -0.2) is 28.0 Å². The Morgan fingerprint density at radius 3 is 2.44 bits per heavy atom. The van der Waals surface area contributed by atoms with E-state index in [1.54, 1.807) is 16.4 Å². The number of ether oxygens (including phenoxy) is 1. The predicted molar refractivity (Wildman–Crippen MR) is 110 cm³/mol. The molecule has 1 aromatic heterocycles. The molecule has 0 saturated heterocycles. The first kappa shape index (κ1) is 18.7. The second-order valence-corrected chi connectivity index (χ2v) is 15.3. The van der Waals surface area contributed by atoms with Crippen LogP contribution < -0.4 is 9.62 Å². The van der Waals surface area contributed by atoms with Crippen molar-refractivity contribution in [2.24, 2.45) is 0 Å². The van der Waals surface area contributed by atoms with Crippen LogP contribution in [0.2, 0.25) is 19.6 Å². The van der Waals surface area contributed by atoms with Crippen LogP contribution in [-0.2, 0) is 34.4 Å². The Bertz CT molecular complexity index is 995. The number of hydrogen-bond donors (Lipinski definition) is 0. The second-order valence-electron chi connectivity index (χ2n) is 8.45. The molecule has 0 aliphatic carbocycles. The minimum absolute atomic E-state index is 0.347. The largest absolute Gasteiger partial charge is 0.370 e. The molecule has 0 N–H and O–H groups in total. The molecule has 4 rings (SSSR count). The molecule has 7 heteroatoms. The van der Waals surface area contributed by atoms with Crippen molar-refractivity contribution in [3.8, 4) is 0 Å². The smallest absolute Gasteiger partial charge is 0.264 e. The molecular weight excluding hydrogens is 376 g/mol. The Morgan fingerprint density at radius 1 is 1.07 bits per heavy atom. The molecule has 0 saturated carbocycles. The fraction of sp³-hybridized carbons (Fsp3) is 0.450. The number of anilines is 1. The van der Waals surface area contributed by atoms with Gasteiger partial charge in [-0.1, -0.05) is 37.3 Å². The lowest BCUT2D eigenvalue weighted by Gasteiger charge is -2.35. The van der Waals surface area contributed by atoms with E-state index in [1.807, 2.05) is 19.1 Å². The highest BCUT2D eigenvalue weighted by Gasteiger charge is 2.38. The number of nitrogens with zero attached hydrogens (tertiary/aromatic N) is 2. The highest BCUT2D eigenvalue weighted by atomic mass is 32.2. The number of aryl methyl sites for hydroxylation is 1. The number of fused-ring (bicyclic) bond motifs is 3. The van der Waals surface area contributed by atoms with Crippen molar-refractivity contribution < 1.29 is 13.2 Å². The molecule has 2 aliphatic heterocycles. The van der Waals surface area contributed by atoms with E-state index in [1.165, 1.54) is 0 Å². The summed E-state index contributed by atoms with van der Waals surface area (Å²) in [6, 6.07) is 7.12. The van der Waals surface area contributed by atoms with Crippen LogP contribution in [0.25, 0.3) is 0 Å². The van der Waals surface area contributed by atoms with Gasteiger partial charge < -0.3 is 4.74 Å². The van der Waals surface area contributed by atoms with Crippen molar-refractivity contribution in [1.82, 2.24) is 4.98 Å². The Morgan fingerprint density at radius 2 is 1.78 bits per heavy atom. The van der Waals surface area contributed by atoms with Gasteiger partial charge in [0, 0.05) is 17.4 Å². The minimum atomic E-state index is -3.62. The van der Waals surface area contributed by atoms with Crippen molar-refractivity contribution >= 4 is 29.1 Å². The Balaban J connectivity index is 1.94. The van der Waals surface area contributed by atoms with E-state index >= 15 is 0 Å². The molecule has 0 amide bonds. The molecule has 0 bridgehead atoms. The molecule has 0 spiro atoms. The van der Waals surface area contributed by atoms with E-state index in [9.17, 15) is 8.42 Å². The van der Waals surface area contributed by atoms with Crippen LogP contribution in [0, 0.1) is 6.92 Å². The molecule has 144 valence electrons. The number of benzene rings is 1. The van der Waals surface area contributed by atoms with Crippen LogP contribution in [0.3, 0.4) is 0 Å². The third-order valence-electron chi connectivity index (χ3n) is 5.31. The van der Waals surface area contributed by atoms with Crippen LogP contribution >= 0.6 is 0 Å². The molecule has 3 heterocycles. The van der Waals surface area contributed by atoms with Crippen molar-refractivity contribution in [1.29, 1.82) is 0 Å². The average Bonchev–Trinajstić information content (AvgIpc) is 3.09. The van der Waals surface area contributed by atoms with Gasteiger partial charge in [0.25, 0.3) is 10.0 Å². The first-order valence-electron chi connectivity index (χ1n) is 9.42. The molecule has 0 unspecified atom stereocenters. The quantitative estimate of drug-likeness (QED) is 0.740. The summed E-state index contributed by atoms with van der Waals surface area (Å²) in [5, 5.41) is 0.983. The van der Waals surface area contributed by atoms with E-state index < -0.39 is 18.1 Å². The molecule has 27 heavy (non-hydrogen) atoms. The van der Waals surface area contributed by atoms with Gasteiger partial charge in [-0.25, -0.2) is 8.42 Å². The van der Waals surface area contributed by atoms with Gasteiger partial charge in [-0.2, -0.15) is 0 Å². The zero-order valence-electron chi connectivity index (χ0n) is 16.4. The topological polar surface area (TPSA) is 59.5 Å². The Labute approximate surface area is 162 Å². The predicted octanol–water partition coefficient (Wildman–Crippen LogP) is 3.11. The molecule has 1 aromatic carbocycles. The molecule has 0 fully saturated rings. The van der Waals surface area contributed by atoms with Gasteiger partial charge in [0.05, 0.1) is 29.5 Å². The molecule has 0 atom stereocenters. The van der Waals surface area contributed by atoms with E-state index in [4.69, 9.17) is 9.72 Å². The van der Waals surface area contributed by atoms with Gasteiger partial charge in [-0.05, 0) is 37.5 Å².